The smallest absolute Gasteiger partial charge is 0.149 e. The van der Waals surface area contributed by atoms with E-state index in [1.807, 2.05) is 12.4 Å². The van der Waals surface area contributed by atoms with E-state index in [9.17, 15) is 0 Å². The summed E-state index contributed by atoms with van der Waals surface area (Å²) in [5, 5.41) is 4.36. The SMILES string of the molecule is Cc1ccc(C2=NO[C@H]3CN(Cc4ccncc4C)C[C@H]23)cc1. The molecule has 2 aliphatic heterocycles. The van der Waals surface area contributed by atoms with Crippen LogP contribution in [-0.4, -0.2) is 34.8 Å². The van der Waals surface area contributed by atoms with Crippen molar-refractivity contribution in [2.45, 2.75) is 26.5 Å². The van der Waals surface area contributed by atoms with Gasteiger partial charge in [0, 0.05) is 32.0 Å². The Balaban J connectivity index is 1.49. The molecule has 1 aromatic carbocycles. The molecule has 0 amide bonds. The molecule has 2 atom stereocenters. The predicted octanol–water partition coefficient (Wildman–Crippen LogP) is 2.93. The number of benzene rings is 1. The van der Waals surface area contributed by atoms with Gasteiger partial charge in [0.25, 0.3) is 0 Å². The van der Waals surface area contributed by atoms with E-state index < -0.39 is 0 Å². The lowest BCUT2D eigenvalue weighted by molar-refractivity contribution is 0.0745. The predicted molar refractivity (Wildman–Crippen MR) is 90.3 cm³/mol. The quantitative estimate of drug-likeness (QED) is 0.875. The van der Waals surface area contributed by atoms with Gasteiger partial charge < -0.3 is 4.84 Å². The zero-order valence-corrected chi connectivity index (χ0v) is 13.6. The van der Waals surface area contributed by atoms with Gasteiger partial charge in [-0.3, -0.25) is 9.88 Å². The summed E-state index contributed by atoms with van der Waals surface area (Å²) in [7, 11) is 0. The van der Waals surface area contributed by atoms with Crippen molar-refractivity contribution in [3.8, 4) is 0 Å². The fourth-order valence-electron chi connectivity index (χ4n) is 3.45. The van der Waals surface area contributed by atoms with Crippen LogP contribution in [0.2, 0.25) is 0 Å². The van der Waals surface area contributed by atoms with Crippen LogP contribution in [0.5, 0.6) is 0 Å². The Labute approximate surface area is 136 Å². The maximum atomic E-state index is 5.71. The van der Waals surface area contributed by atoms with E-state index >= 15 is 0 Å². The normalized spacial score (nSPS) is 23.5. The van der Waals surface area contributed by atoms with Crippen molar-refractivity contribution < 1.29 is 4.84 Å². The Morgan fingerprint density at radius 2 is 1.96 bits per heavy atom. The lowest BCUT2D eigenvalue weighted by atomic mass is 9.94. The van der Waals surface area contributed by atoms with Crippen LogP contribution >= 0.6 is 0 Å². The molecule has 4 rings (SSSR count). The largest absolute Gasteiger partial charge is 0.390 e. The molecule has 0 N–H and O–H groups in total. The molecule has 1 aromatic heterocycles. The molecule has 0 unspecified atom stereocenters. The van der Waals surface area contributed by atoms with Gasteiger partial charge in [-0.15, -0.1) is 0 Å². The summed E-state index contributed by atoms with van der Waals surface area (Å²) in [4.78, 5) is 12.3. The number of aryl methyl sites for hydroxylation is 2. The van der Waals surface area contributed by atoms with Crippen molar-refractivity contribution in [2.24, 2.45) is 11.1 Å². The molecule has 2 aliphatic rings. The Hall–Kier alpha value is -2.20. The number of rotatable bonds is 3. The highest BCUT2D eigenvalue weighted by Gasteiger charge is 2.42. The first-order chi connectivity index (χ1) is 11.2. The van der Waals surface area contributed by atoms with Gasteiger partial charge in [-0.2, -0.15) is 0 Å². The summed E-state index contributed by atoms with van der Waals surface area (Å²) in [5.41, 5.74) is 6.15. The molecule has 2 aromatic rings. The fraction of sp³-hybridized carbons (Fsp3) is 0.368. The average molecular weight is 307 g/mol. The third-order valence-electron chi connectivity index (χ3n) is 4.86. The molecule has 0 aliphatic carbocycles. The number of pyridine rings is 1. The standard InChI is InChI=1S/C19H21N3O/c1-13-3-5-15(6-4-13)19-17-11-22(12-18(17)23-21-19)10-16-7-8-20-9-14(16)2/h3-9,17-18H,10-12H2,1-2H3/t17-,18-/m0/s1. The number of hydrogen-bond donors (Lipinski definition) is 0. The third kappa shape index (κ3) is 2.75. The van der Waals surface area contributed by atoms with Crippen molar-refractivity contribution >= 4 is 5.71 Å². The van der Waals surface area contributed by atoms with Gasteiger partial charge in [0.2, 0.25) is 0 Å². The lowest BCUT2D eigenvalue weighted by Gasteiger charge is -2.17. The Morgan fingerprint density at radius 3 is 2.74 bits per heavy atom. The van der Waals surface area contributed by atoms with Crippen LogP contribution in [0.4, 0.5) is 0 Å². The molecule has 1 saturated heterocycles. The van der Waals surface area contributed by atoms with Gasteiger partial charge in [-0.05, 0) is 36.6 Å². The number of oxime groups is 1. The molecule has 1 fully saturated rings. The van der Waals surface area contributed by atoms with E-state index in [-0.39, 0.29) is 6.10 Å². The second-order valence-electron chi connectivity index (χ2n) is 6.59. The first-order valence-electron chi connectivity index (χ1n) is 8.13. The van der Waals surface area contributed by atoms with Crippen LogP contribution in [0.1, 0.15) is 22.3 Å². The van der Waals surface area contributed by atoms with Gasteiger partial charge in [-0.1, -0.05) is 35.0 Å². The molecule has 118 valence electrons. The minimum Gasteiger partial charge on any atom is -0.390 e. The molecule has 0 bridgehead atoms. The number of hydrogen-bond acceptors (Lipinski definition) is 4. The van der Waals surface area contributed by atoms with Gasteiger partial charge in [-0.25, -0.2) is 0 Å². The summed E-state index contributed by atoms with van der Waals surface area (Å²) in [5.74, 6) is 0.375. The second kappa shape index (κ2) is 5.78. The van der Waals surface area contributed by atoms with Crippen molar-refractivity contribution in [3.05, 3.63) is 65.0 Å². The Morgan fingerprint density at radius 1 is 1.13 bits per heavy atom. The summed E-state index contributed by atoms with van der Waals surface area (Å²) in [6.07, 6.45) is 3.99. The topological polar surface area (TPSA) is 37.7 Å². The van der Waals surface area contributed by atoms with Gasteiger partial charge >= 0.3 is 0 Å². The monoisotopic (exact) mass is 307 g/mol. The summed E-state index contributed by atoms with van der Waals surface area (Å²) in [6.45, 7) is 7.11. The van der Waals surface area contributed by atoms with E-state index in [0.717, 1.165) is 25.3 Å². The van der Waals surface area contributed by atoms with Gasteiger partial charge in [0.15, 0.2) is 0 Å². The van der Waals surface area contributed by atoms with Crippen LogP contribution in [0.15, 0.2) is 47.9 Å². The maximum absolute atomic E-state index is 5.71. The summed E-state index contributed by atoms with van der Waals surface area (Å²) >= 11 is 0. The van der Waals surface area contributed by atoms with Crippen LogP contribution in [-0.2, 0) is 11.4 Å². The Kier molecular flexibility index (Phi) is 3.62. The van der Waals surface area contributed by atoms with Crippen molar-refractivity contribution in [2.75, 3.05) is 13.1 Å². The van der Waals surface area contributed by atoms with Crippen molar-refractivity contribution in [3.63, 3.8) is 0 Å². The zero-order valence-electron chi connectivity index (χ0n) is 13.6. The summed E-state index contributed by atoms with van der Waals surface area (Å²) in [6, 6.07) is 10.7. The van der Waals surface area contributed by atoms with E-state index in [2.05, 4.69) is 59.2 Å². The lowest BCUT2D eigenvalue weighted by Crippen LogP contribution is -2.23. The average Bonchev–Trinajstić information content (AvgIpc) is 3.11. The maximum Gasteiger partial charge on any atom is 0.149 e. The molecule has 0 spiro atoms. The molecule has 4 nitrogen and oxygen atoms in total. The highest BCUT2D eigenvalue weighted by Crippen LogP contribution is 2.31. The molecule has 0 saturated carbocycles. The highest BCUT2D eigenvalue weighted by molar-refractivity contribution is 6.03. The van der Waals surface area contributed by atoms with E-state index in [1.54, 1.807) is 0 Å². The number of likely N-dealkylation sites (tertiary alicyclic amines) is 1. The Bertz CT molecular complexity index is 739. The number of nitrogens with zero attached hydrogens (tertiary/aromatic N) is 3. The van der Waals surface area contributed by atoms with E-state index in [1.165, 1.54) is 22.3 Å². The van der Waals surface area contributed by atoms with E-state index in [4.69, 9.17) is 4.84 Å². The molecule has 23 heavy (non-hydrogen) atoms. The fourth-order valence-corrected chi connectivity index (χ4v) is 3.45. The van der Waals surface area contributed by atoms with E-state index in [0.29, 0.717) is 5.92 Å². The molecular formula is C19H21N3O. The molecule has 3 heterocycles. The minimum atomic E-state index is 0.188. The molecule has 0 radical (unpaired) electrons. The first kappa shape index (κ1) is 14.4. The number of aromatic nitrogens is 1. The first-order valence-corrected chi connectivity index (χ1v) is 8.13. The zero-order chi connectivity index (χ0) is 15.8. The second-order valence-corrected chi connectivity index (χ2v) is 6.59. The van der Waals surface area contributed by atoms with Crippen LogP contribution in [0, 0.1) is 19.8 Å². The van der Waals surface area contributed by atoms with Crippen molar-refractivity contribution in [1.82, 2.24) is 9.88 Å². The highest BCUT2D eigenvalue weighted by atomic mass is 16.6. The number of fused-ring (bicyclic) bond motifs is 1. The van der Waals surface area contributed by atoms with Crippen LogP contribution in [0.3, 0.4) is 0 Å². The van der Waals surface area contributed by atoms with Crippen molar-refractivity contribution in [1.29, 1.82) is 0 Å². The molecule has 4 heteroatoms. The van der Waals surface area contributed by atoms with Crippen LogP contribution < -0.4 is 0 Å². The minimum absolute atomic E-state index is 0.188. The van der Waals surface area contributed by atoms with Gasteiger partial charge in [0.1, 0.15) is 6.10 Å². The van der Waals surface area contributed by atoms with Crippen LogP contribution in [0.25, 0.3) is 0 Å². The summed E-state index contributed by atoms with van der Waals surface area (Å²) < 4.78 is 0. The third-order valence-corrected chi connectivity index (χ3v) is 4.86. The van der Waals surface area contributed by atoms with Gasteiger partial charge in [0.05, 0.1) is 11.6 Å². The molecular weight excluding hydrogens is 286 g/mol.